The minimum absolute atomic E-state index is 0.00625. The third-order valence-electron chi connectivity index (χ3n) is 2.29. The highest BCUT2D eigenvalue weighted by atomic mass is 79.9. The van der Waals surface area contributed by atoms with Gasteiger partial charge in [-0.15, -0.1) is 0 Å². The highest BCUT2D eigenvalue weighted by Crippen LogP contribution is 2.19. The number of nitrogens with zero attached hydrogens (tertiary/aromatic N) is 2. The molecule has 84 valence electrons. The lowest BCUT2D eigenvalue weighted by molar-refractivity contribution is 0.344. The molecular formula is C11H17BrN2O. The standard InChI is InChI=1S/C11H17BrN2O/c1-8-13-7-9(12)10(15)14(8)6-5-11(2,3)4/h7H,5-6H2,1-4H3. The SMILES string of the molecule is Cc1ncc(Br)c(=O)n1CCC(C)(C)C. The first-order chi connectivity index (χ1) is 6.81. The lowest BCUT2D eigenvalue weighted by atomic mass is 9.92. The Morgan fingerprint density at radius 3 is 2.60 bits per heavy atom. The molecule has 0 fully saturated rings. The maximum absolute atomic E-state index is 11.8. The molecule has 4 heteroatoms. The maximum Gasteiger partial charge on any atom is 0.267 e. The van der Waals surface area contributed by atoms with Gasteiger partial charge in [-0.05, 0) is 34.7 Å². The Morgan fingerprint density at radius 1 is 1.47 bits per heavy atom. The third-order valence-corrected chi connectivity index (χ3v) is 2.83. The molecule has 15 heavy (non-hydrogen) atoms. The Balaban J connectivity index is 2.95. The van der Waals surface area contributed by atoms with Crippen molar-refractivity contribution in [1.82, 2.24) is 9.55 Å². The van der Waals surface area contributed by atoms with Crippen LogP contribution in [0.3, 0.4) is 0 Å². The molecule has 0 aromatic carbocycles. The normalized spacial score (nSPS) is 11.8. The predicted octanol–water partition coefficient (Wildman–Crippen LogP) is 2.75. The number of hydrogen-bond acceptors (Lipinski definition) is 2. The summed E-state index contributed by atoms with van der Waals surface area (Å²) in [6.07, 6.45) is 2.52. The summed E-state index contributed by atoms with van der Waals surface area (Å²) in [6, 6.07) is 0. The lowest BCUT2D eigenvalue weighted by Crippen LogP contribution is -2.26. The molecule has 0 saturated carbocycles. The molecule has 0 saturated heterocycles. The van der Waals surface area contributed by atoms with Crippen LogP contribution in [0.15, 0.2) is 15.5 Å². The average Bonchev–Trinajstić information content (AvgIpc) is 2.10. The van der Waals surface area contributed by atoms with E-state index in [1.807, 2.05) is 6.92 Å². The van der Waals surface area contributed by atoms with Crippen LogP contribution in [0.4, 0.5) is 0 Å². The van der Waals surface area contributed by atoms with Crippen molar-refractivity contribution < 1.29 is 0 Å². The van der Waals surface area contributed by atoms with E-state index in [0.717, 1.165) is 18.8 Å². The van der Waals surface area contributed by atoms with Crippen LogP contribution in [-0.2, 0) is 6.54 Å². The summed E-state index contributed by atoms with van der Waals surface area (Å²) in [5.74, 6) is 0.771. The van der Waals surface area contributed by atoms with Gasteiger partial charge < -0.3 is 0 Å². The zero-order chi connectivity index (χ0) is 11.6. The van der Waals surface area contributed by atoms with Gasteiger partial charge in [0, 0.05) is 12.7 Å². The van der Waals surface area contributed by atoms with E-state index in [4.69, 9.17) is 0 Å². The molecule has 0 bridgehead atoms. The van der Waals surface area contributed by atoms with Crippen molar-refractivity contribution in [3.63, 3.8) is 0 Å². The van der Waals surface area contributed by atoms with Gasteiger partial charge >= 0.3 is 0 Å². The predicted molar refractivity (Wildman–Crippen MR) is 65.0 cm³/mol. The molecule has 0 amide bonds. The van der Waals surface area contributed by atoms with Gasteiger partial charge in [-0.3, -0.25) is 9.36 Å². The largest absolute Gasteiger partial charge is 0.296 e. The van der Waals surface area contributed by atoms with Gasteiger partial charge in [-0.25, -0.2) is 4.98 Å². The maximum atomic E-state index is 11.8. The van der Waals surface area contributed by atoms with Crippen molar-refractivity contribution in [1.29, 1.82) is 0 Å². The van der Waals surface area contributed by atoms with Crippen LogP contribution < -0.4 is 5.56 Å². The van der Waals surface area contributed by atoms with E-state index in [-0.39, 0.29) is 11.0 Å². The molecule has 0 radical (unpaired) electrons. The molecular weight excluding hydrogens is 256 g/mol. The zero-order valence-electron chi connectivity index (χ0n) is 9.67. The minimum Gasteiger partial charge on any atom is -0.296 e. The van der Waals surface area contributed by atoms with Crippen molar-refractivity contribution in [2.24, 2.45) is 5.41 Å². The molecule has 0 spiro atoms. The van der Waals surface area contributed by atoms with Crippen LogP contribution in [0.5, 0.6) is 0 Å². The van der Waals surface area contributed by atoms with E-state index in [1.165, 1.54) is 0 Å². The summed E-state index contributed by atoms with van der Waals surface area (Å²) in [7, 11) is 0. The van der Waals surface area contributed by atoms with Gasteiger partial charge in [0.1, 0.15) is 10.3 Å². The Kier molecular flexibility index (Phi) is 3.71. The van der Waals surface area contributed by atoms with Crippen molar-refractivity contribution >= 4 is 15.9 Å². The molecule has 1 heterocycles. The van der Waals surface area contributed by atoms with E-state index >= 15 is 0 Å². The van der Waals surface area contributed by atoms with Crippen molar-refractivity contribution in [3.05, 3.63) is 26.8 Å². The number of halogens is 1. The fourth-order valence-corrected chi connectivity index (χ4v) is 1.58. The second-order valence-electron chi connectivity index (χ2n) is 4.92. The first kappa shape index (κ1) is 12.4. The summed E-state index contributed by atoms with van der Waals surface area (Å²) in [5.41, 5.74) is 0.237. The van der Waals surface area contributed by atoms with Crippen LogP contribution in [-0.4, -0.2) is 9.55 Å². The van der Waals surface area contributed by atoms with Crippen molar-refractivity contribution in [3.8, 4) is 0 Å². The smallest absolute Gasteiger partial charge is 0.267 e. The number of aromatic nitrogens is 2. The number of aryl methyl sites for hydroxylation is 1. The molecule has 3 nitrogen and oxygen atoms in total. The Labute approximate surface area is 98.7 Å². The molecule has 0 aliphatic heterocycles. The molecule has 1 aromatic heterocycles. The van der Waals surface area contributed by atoms with E-state index in [2.05, 4.69) is 41.7 Å². The van der Waals surface area contributed by atoms with Crippen LogP contribution in [0.25, 0.3) is 0 Å². The summed E-state index contributed by atoms with van der Waals surface area (Å²) in [5, 5.41) is 0. The number of rotatable bonds is 2. The molecule has 0 unspecified atom stereocenters. The van der Waals surface area contributed by atoms with Crippen molar-refractivity contribution in [2.75, 3.05) is 0 Å². The number of hydrogen-bond donors (Lipinski definition) is 0. The van der Waals surface area contributed by atoms with Gasteiger partial charge in [0.15, 0.2) is 0 Å². The van der Waals surface area contributed by atoms with Crippen LogP contribution >= 0.6 is 15.9 Å². The highest BCUT2D eigenvalue weighted by molar-refractivity contribution is 9.10. The first-order valence-corrected chi connectivity index (χ1v) is 5.82. The second-order valence-corrected chi connectivity index (χ2v) is 5.78. The minimum atomic E-state index is 0.00625. The van der Waals surface area contributed by atoms with Gasteiger partial charge in [-0.1, -0.05) is 20.8 Å². The molecule has 1 rings (SSSR count). The summed E-state index contributed by atoms with van der Waals surface area (Å²) in [4.78, 5) is 15.9. The molecule has 0 aliphatic carbocycles. The molecule has 1 aromatic rings. The van der Waals surface area contributed by atoms with Crippen LogP contribution in [0.2, 0.25) is 0 Å². The first-order valence-electron chi connectivity index (χ1n) is 5.03. The Morgan fingerprint density at radius 2 is 2.07 bits per heavy atom. The average molecular weight is 273 g/mol. The monoisotopic (exact) mass is 272 g/mol. The van der Waals surface area contributed by atoms with E-state index in [9.17, 15) is 4.79 Å². The van der Waals surface area contributed by atoms with Gasteiger partial charge in [-0.2, -0.15) is 0 Å². The quantitative estimate of drug-likeness (QED) is 0.830. The molecule has 0 N–H and O–H groups in total. The van der Waals surface area contributed by atoms with E-state index in [0.29, 0.717) is 4.47 Å². The Hall–Kier alpha value is -0.640. The fraction of sp³-hybridized carbons (Fsp3) is 0.636. The molecule has 0 atom stereocenters. The summed E-state index contributed by atoms with van der Waals surface area (Å²) in [6.45, 7) is 9.08. The van der Waals surface area contributed by atoms with Gasteiger partial charge in [0.2, 0.25) is 0 Å². The fourth-order valence-electron chi connectivity index (χ4n) is 1.26. The summed E-state index contributed by atoms with van der Waals surface area (Å²) >= 11 is 3.20. The van der Waals surface area contributed by atoms with Gasteiger partial charge in [0.25, 0.3) is 5.56 Å². The Bertz CT molecular complexity index is 404. The third kappa shape index (κ3) is 3.45. The summed E-state index contributed by atoms with van der Waals surface area (Å²) < 4.78 is 2.25. The van der Waals surface area contributed by atoms with Gasteiger partial charge in [0.05, 0.1) is 0 Å². The van der Waals surface area contributed by atoms with Crippen LogP contribution in [0, 0.1) is 12.3 Å². The topological polar surface area (TPSA) is 34.9 Å². The highest BCUT2D eigenvalue weighted by Gasteiger charge is 2.12. The molecule has 0 aliphatic rings. The lowest BCUT2D eigenvalue weighted by Gasteiger charge is -2.19. The van der Waals surface area contributed by atoms with E-state index < -0.39 is 0 Å². The van der Waals surface area contributed by atoms with E-state index in [1.54, 1.807) is 10.8 Å². The second kappa shape index (κ2) is 4.47. The zero-order valence-corrected chi connectivity index (χ0v) is 11.3. The van der Waals surface area contributed by atoms with Crippen molar-refractivity contribution in [2.45, 2.75) is 40.7 Å². The van der Waals surface area contributed by atoms with Crippen LogP contribution in [0.1, 0.15) is 33.0 Å².